The lowest BCUT2D eigenvalue weighted by Gasteiger charge is -2.12. The minimum atomic E-state index is -0.542. The summed E-state index contributed by atoms with van der Waals surface area (Å²) in [6.45, 7) is 1.67. The van der Waals surface area contributed by atoms with E-state index in [1.165, 1.54) is 12.1 Å². The van der Waals surface area contributed by atoms with Crippen LogP contribution in [-0.4, -0.2) is 6.10 Å². The van der Waals surface area contributed by atoms with Gasteiger partial charge in [0.1, 0.15) is 17.6 Å². The van der Waals surface area contributed by atoms with E-state index >= 15 is 0 Å². The molecule has 0 heterocycles. The van der Waals surface area contributed by atoms with Crippen molar-refractivity contribution in [2.45, 2.75) is 13.0 Å². The Bertz CT molecular complexity index is 589. The number of nitriles is 1. The summed E-state index contributed by atoms with van der Waals surface area (Å²) in [6, 6.07) is 15.6. The number of rotatable bonds is 3. The van der Waals surface area contributed by atoms with Gasteiger partial charge in [-0.25, -0.2) is 4.39 Å². The zero-order valence-corrected chi connectivity index (χ0v) is 9.93. The molecule has 0 bridgehead atoms. The molecule has 18 heavy (non-hydrogen) atoms. The van der Waals surface area contributed by atoms with Gasteiger partial charge in [-0.15, -0.1) is 0 Å². The lowest BCUT2D eigenvalue weighted by atomic mass is 10.0. The van der Waals surface area contributed by atoms with Gasteiger partial charge in [-0.2, -0.15) is 5.26 Å². The molecule has 0 aliphatic rings. The Morgan fingerprint density at radius 2 is 1.94 bits per heavy atom. The van der Waals surface area contributed by atoms with Crippen LogP contribution >= 0.6 is 0 Å². The monoisotopic (exact) mass is 241 g/mol. The van der Waals surface area contributed by atoms with E-state index in [1.807, 2.05) is 30.3 Å². The zero-order chi connectivity index (χ0) is 13.0. The Kier molecular flexibility index (Phi) is 3.59. The molecule has 0 fully saturated rings. The van der Waals surface area contributed by atoms with Crippen LogP contribution in [0.3, 0.4) is 0 Å². The van der Waals surface area contributed by atoms with Gasteiger partial charge >= 0.3 is 0 Å². The van der Waals surface area contributed by atoms with Crippen LogP contribution in [0.5, 0.6) is 5.75 Å². The maximum atomic E-state index is 13.2. The second-order valence-electron chi connectivity index (χ2n) is 3.90. The van der Waals surface area contributed by atoms with E-state index < -0.39 is 6.10 Å². The van der Waals surface area contributed by atoms with Crippen LogP contribution in [0.1, 0.15) is 6.92 Å². The normalized spacial score (nSPS) is 11.6. The highest BCUT2D eigenvalue weighted by Gasteiger charge is 2.09. The number of halogens is 1. The van der Waals surface area contributed by atoms with Crippen molar-refractivity contribution in [2.24, 2.45) is 0 Å². The summed E-state index contributed by atoms with van der Waals surface area (Å²) in [5.41, 5.74) is 1.51. The summed E-state index contributed by atoms with van der Waals surface area (Å²) in [5, 5.41) is 8.77. The highest BCUT2D eigenvalue weighted by molar-refractivity contribution is 5.70. The minimum absolute atomic E-state index is 0.296. The average Bonchev–Trinajstić information content (AvgIpc) is 2.39. The molecular weight excluding hydrogens is 229 g/mol. The molecule has 0 unspecified atom stereocenters. The lowest BCUT2D eigenvalue weighted by Crippen LogP contribution is -2.08. The molecule has 0 aromatic heterocycles. The summed E-state index contributed by atoms with van der Waals surface area (Å²) in [6.07, 6.45) is -0.542. The van der Waals surface area contributed by atoms with Gasteiger partial charge < -0.3 is 4.74 Å². The zero-order valence-electron chi connectivity index (χ0n) is 9.93. The van der Waals surface area contributed by atoms with Crippen LogP contribution in [-0.2, 0) is 0 Å². The first kappa shape index (κ1) is 12.1. The molecule has 90 valence electrons. The minimum Gasteiger partial charge on any atom is -0.475 e. The molecule has 2 aromatic rings. The Labute approximate surface area is 105 Å². The average molecular weight is 241 g/mol. The fourth-order valence-electron chi connectivity index (χ4n) is 1.68. The fraction of sp³-hybridized carbons (Fsp3) is 0.133. The van der Waals surface area contributed by atoms with Gasteiger partial charge in [-0.3, -0.25) is 0 Å². The van der Waals surface area contributed by atoms with E-state index in [0.717, 1.165) is 11.1 Å². The molecule has 3 heteroatoms. The van der Waals surface area contributed by atoms with Crippen molar-refractivity contribution >= 4 is 0 Å². The third-order valence-electron chi connectivity index (χ3n) is 2.51. The van der Waals surface area contributed by atoms with Gasteiger partial charge in [0.2, 0.25) is 0 Å². The Morgan fingerprint density at radius 1 is 1.17 bits per heavy atom. The molecule has 0 amide bonds. The fourth-order valence-corrected chi connectivity index (χ4v) is 1.68. The molecule has 2 aromatic carbocycles. The summed E-state index contributed by atoms with van der Waals surface area (Å²) in [7, 11) is 0. The number of benzene rings is 2. The van der Waals surface area contributed by atoms with Crippen LogP contribution in [0.25, 0.3) is 11.1 Å². The molecule has 0 aliphatic carbocycles. The van der Waals surface area contributed by atoms with Crippen molar-refractivity contribution in [1.29, 1.82) is 5.26 Å². The van der Waals surface area contributed by atoms with Gasteiger partial charge in [0.15, 0.2) is 6.10 Å². The maximum Gasteiger partial charge on any atom is 0.181 e. The third kappa shape index (κ3) is 2.67. The van der Waals surface area contributed by atoms with Gasteiger partial charge in [0.05, 0.1) is 0 Å². The van der Waals surface area contributed by atoms with Crippen molar-refractivity contribution in [3.05, 3.63) is 54.3 Å². The predicted molar refractivity (Wildman–Crippen MR) is 67.5 cm³/mol. The number of para-hydroxylation sites is 1. The number of ether oxygens (including phenoxy) is 1. The molecule has 1 atom stereocenters. The Balaban J connectivity index is 2.42. The number of hydrogen-bond donors (Lipinski definition) is 0. The maximum absolute atomic E-state index is 13.2. The summed E-state index contributed by atoms with van der Waals surface area (Å²) < 4.78 is 18.7. The molecule has 0 radical (unpaired) electrons. The second kappa shape index (κ2) is 5.33. The van der Waals surface area contributed by atoms with Crippen molar-refractivity contribution < 1.29 is 9.13 Å². The van der Waals surface area contributed by atoms with Crippen molar-refractivity contribution in [3.8, 4) is 22.9 Å². The molecule has 0 saturated carbocycles. The molecule has 2 nitrogen and oxygen atoms in total. The lowest BCUT2D eigenvalue weighted by molar-refractivity contribution is 0.277. The van der Waals surface area contributed by atoms with E-state index in [-0.39, 0.29) is 5.82 Å². The van der Waals surface area contributed by atoms with E-state index in [9.17, 15) is 4.39 Å². The van der Waals surface area contributed by atoms with E-state index in [4.69, 9.17) is 10.00 Å². The molecule has 2 rings (SSSR count). The molecule has 0 N–H and O–H groups in total. The van der Waals surface area contributed by atoms with Gasteiger partial charge in [0.25, 0.3) is 0 Å². The second-order valence-corrected chi connectivity index (χ2v) is 3.90. The van der Waals surface area contributed by atoms with Crippen LogP contribution < -0.4 is 4.74 Å². The number of nitrogens with zero attached hydrogens (tertiary/aromatic N) is 1. The molecule has 0 saturated heterocycles. The Hall–Kier alpha value is -2.34. The smallest absolute Gasteiger partial charge is 0.181 e. The first-order valence-corrected chi connectivity index (χ1v) is 5.62. The molecular formula is C15H12FNO. The van der Waals surface area contributed by atoms with Crippen LogP contribution in [0.15, 0.2) is 48.5 Å². The van der Waals surface area contributed by atoms with Crippen molar-refractivity contribution in [2.75, 3.05) is 0 Å². The van der Waals surface area contributed by atoms with Crippen LogP contribution in [0.2, 0.25) is 0 Å². The van der Waals surface area contributed by atoms with E-state index in [1.54, 1.807) is 19.1 Å². The summed E-state index contributed by atoms with van der Waals surface area (Å²) >= 11 is 0. The van der Waals surface area contributed by atoms with Gasteiger partial charge in [-0.1, -0.05) is 30.3 Å². The van der Waals surface area contributed by atoms with E-state index in [0.29, 0.717) is 5.75 Å². The quantitative estimate of drug-likeness (QED) is 0.819. The Morgan fingerprint density at radius 3 is 2.67 bits per heavy atom. The summed E-state index contributed by atoms with van der Waals surface area (Å²) in [4.78, 5) is 0. The number of hydrogen-bond acceptors (Lipinski definition) is 2. The molecule has 0 spiro atoms. The molecule has 0 aliphatic heterocycles. The first-order chi connectivity index (χ1) is 8.70. The standard InChI is InChI=1S/C15H12FNO/c1-11(10-17)18-15-8-3-2-7-14(15)12-5-4-6-13(16)9-12/h2-9,11H,1H3/t11-/m0/s1. The highest BCUT2D eigenvalue weighted by atomic mass is 19.1. The van der Waals surface area contributed by atoms with Crippen LogP contribution in [0, 0.1) is 17.1 Å². The highest BCUT2D eigenvalue weighted by Crippen LogP contribution is 2.30. The third-order valence-corrected chi connectivity index (χ3v) is 2.51. The van der Waals surface area contributed by atoms with E-state index in [2.05, 4.69) is 0 Å². The SMILES string of the molecule is C[C@@H](C#N)Oc1ccccc1-c1cccc(F)c1. The van der Waals surface area contributed by atoms with Gasteiger partial charge in [0, 0.05) is 5.56 Å². The predicted octanol–water partition coefficient (Wildman–Crippen LogP) is 3.78. The van der Waals surface area contributed by atoms with Crippen LogP contribution in [0.4, 0.5) is 4.39 Å². The topological polar surface area (TPSA) is 33.0 Å². The van der Waals surface area contributed by atoms with Crippen molar-refractivity contribution in [3.63, 3.8) is 0 Å². The largest absolute Gasteiger partial charge is 0.475 e. The summed E-state index contributed by atoms with van der Waals surface area (Å²) in [5.74, 6) is 0.285. The van der Waals surface area contributed by atoms with Crippen molar-refractivity contribution in [1.82, 2.24) is 0 Å². The first-order valence-electron chi connectivity index (χ1n) is 5.62. The van der Waals surface area contributed by atoms with Gasteiger partial charge in [-0.05, 0) is 30.7 Å².